The van der Waals surface area contributed by atoms with Crippen LogP contribution >= 0.6 is 11.6 Å². The van der Waals surface area contributed by atoms with Crippen LogP contribution in [0.5, 0.6) is 0 Å². The second-order valence-corrected chi connectivity index (χ2v) is 6.19. The first-order valence-corrected chi connectivity index (χ1v) is 7.35. The lowest BCUT2D eigenvalue weighted by atomic mass is 9.86. The molecule has 118 valence electrons. The standard InChI is InChI=1S/C15H18ClF4N/c1-9(2)21-6-5-11(15(18,19)20)8-14(21)10-3-4-13(17)12(16)7-10/h3-4,7,9,11,14H,5-6,8H2,1-2H3/t11-,14+/m1/s1. The molecule has 1 fully saturated rings. The average Bonchev–Trinajstić information content (AvgIpc) is 2.40. The second-order valence-electron chi connectivity index (χ2n) is 5.78. The molecule has 0 bridgehead atoms. The van der Waals surface area contributed by atoms with Gasteiger partial charge < -0.3 is 0 Å². The molecule has 0 amide bonds. The molecule has 0 aliphatic carbocycles. The summed E-state index contributed by atoms with van der Waals surface area (Å²) >= 11 is 5.77. The zero-order valence-corrected chi connectivity index (χ0v) is 12.7. The molecule has 1 saturated heterocycles. The number of alkyl halides is 3. The molecular formula is C15H18ClF4N. The first kappa shape index (κ1) is 16.6. The van der Waals surface area contributed by atoms with Gasteiger partial charge in [-0.3, -0.25) is 4.90 Å². The van der Waals surface area contributed by atoms with Gasteiger partial charge in [0.15, 0.2) is 0 Å². The van der Waals surface area contributed by atoms with Crippen LogP contribution in [-0.2, 0) is 0 Å². The molecular weight excluding hydrogens is 306 g/mol. The van der Waals surface area contributed by atoms with Gasteiger partial charge in [0.05, 0.1) is 10.9 Å². The van der Waals surface area contributed by atoms with E-state index in [0.29, 0.717) is 12.1 Å². The molecule has 0 radical (unpaired) electrons. The summed E-state index contributed by atoms with van der Waals surface area (Å²) in [4.78, 5) is 2.02. The maximum absolute atomic E-state index is 13.3. The third-order valence-electron chi connectivity index (χ3n) is 4.10. The lowest BCUT2D eigenvalue weighted by Gasteiger charge is -2.42. The van der Waals surface area contributed by atoms with Crippen molar-refractivity contribution in [2.45, 2.75) is 44.9 Å². The van der Waals surface area contributed by atoms with Gasteiger partial charge in [-0.2, -0.15) is 13.2 Å². The molecule has 1 nitrogen and oxygen atoms in total. The van der Waals surface area contributed by atoms with Crippen molar-refractivity contribution in [3.8, 4) is 0 Å². The van der Waals surface area contributed by atoms with Crippen LogP contribution in [0.4, 0.5) is 17.6 Å². The Morgan fingerprint density at radius 2 is 1.95 bits per heavy atom. The fourth-order valence-electron chi connectivity index (χ4n) is 2.95. The molecule has 21 heavy (non-hydrogen) atoms. The molecule has 0 spiro atoms. The monoisotopic (exact) mass is 323 g/mol. The smallest absolute Gasteiger partial charge is 0.294 e. The minimum Gasteiger partial charge on any atom is -0.294 e. The predicted octanol–water partition coefficient (Wildman–Crippen LogP) is 5.20. The number of hydrogen-bond donors (Lipinski definition) is 0. The Hall–Kier alpha value is -0.810. The molecule has 0 N–H and O–H groups in total. The average molecular weight is 324 g/mol. The van der Waals surface area contributed by atoms with Gasteiger partial charge in [-0.05, 0) is 50.9 Å². The number of likely N-dealkylation sites (tertiary alicyclic amines) is 1. The number of piperidine rings is 1. The largest absolute Gasteiger partial charge is 0.391 e. The van der Waals surface area contributed by atoms with Gasteiger partial charge in [-0.15, -0.1) is 0 Å². The van der Waals surface area contributed by atoms with E-state index < -0.39 is 17.9 Å². The zero-order valence-electron chi connectivity index (χ0n) is 11.9. The molecule has 2 atom stereocenters. The predicted molar refractivity (Wildman–Crippen MR) is 74.8 cm³/mol. The fraction of sp³-hybridized carbons (Fsp3) is 0.600. The van der Waals surface area contributed by atoms with Gasteiger partial charge in [0.1, 0.15) is 5.82 Å². The highest BCUT2D eigenvalue weighted by Gasteiger charge is 2.45. The fourth-order valence-corrected chi connectivity index (χ4v) is 3.14. The Kier molecular flexibility index (Phi) is 4.83. The van der Waals surface area contributed by atoms with E-state index in [-0.39, 0.29) is 29.9 Å². The Morgan fingerprint density at radius 3 is 2.48 bits per heavy atom. The minimum absolute atomic E-state index is 0.0103. The van der Waals surface area contributed by atoms with E-state index in [2.05, 4.69) is 0 Å². The summed E-state index contributed by atoms with van der Waals surface area (Å²) in [6, 6.07) is 3.92. The van der Waals surface area contributed by atoms with E-state index in [1.165, 1.54) is 18.2 Å². The van der Waals surface area contributed by atoms with Crippen molar-refractivity contribution < 1.29 is 17.6 Å². The van der Waals surface area contributed by atoms with Crippen LogP contribution in [-0.4, -0.2) is 23.7 Å². The van der Waals surface area contributed by atoms with Crippen LogP contribution in [0.2, 0.25) is 5.02 Å². The van der Waals surface area contributed by atoms with E-state index in [4.69, 9.17) is 11.6 Å². The molecule has 6 heteroatoms. The zero-order chi connectivity index (χ0) is 15.8. The van der Waals surface area contributed by atoms with E-state index >= 15 is 0 Å². The quantitative estimate of drug-likeness (QED) is 0.676. The van der Waals surface area contributed by atoms with Gasteiger partial charge in [0.2, 0.25) is 0 Å². The Morgan fingerprint density at radius 1 is 1.29 bits per heavy atom. The molecule has 1 aliphatic heterocycles. The van der Waals surface area contributed by atoms with Crippen molar-refractivity contribution >= 4 is 11.6 Å². The Bertz CT molecular complexity index is 501. The van der Waals surface area contributed by atoms with Crippen molar-refractivity contribution in [2.24, 2.45) is 5.92 Å². The first-order chi connectivity index (χ1) is 9.70. The maximum Gasteiger partial charge on any atom is 0.391 e. The summed E-state index contributed by atoms with van der Waals surface area (Å²) in [5, 5.41) is -0.0506. The number of rotatable bonds is 2. The first-order valence-electron chi connectivity index (χ1n) is 6.97. The summed E-state index contributed by atoms with van der Waals surface area (Å²) in [7, 11) is 0. The van der Waals surface area contributed by atoms with Crippen LogP contribution in [0.3, 0.4) is 0 Å². The molecule has 0 saturated carbocycles. The number of nitrogens with zero attached hydrogens (tertiary/aromatic N) is 1. The number of halogens is 5. The second kappa shape index (κ2) is 6.13. The Labute approximate surface area is 126 Å². The van der Waals surface area contributed by atoms with Gasteiger partial charge in [-0.25, -0.2) is 4.39 Å². The van der Waals surface area contributed by atoms with E-state index in [1.54, 1.807) is 0 Å². The van der Waals surface area contributed by atoms with Crippen molar-refractivity contribution in [3.63, 3.8) is 0 Å². The summed E-state index contributed by atoms with van der Waals surface area (Å²) in [5.74, 6) is -1.87. The number of benzene rings is 1. The van der Waals surface area contributed by atoms with Crippen LogP contribution in [0, 0.1) is 11.7 Å². The van der Waals surface area contributed by atoms with Crippen molar-refractivity contribution in [1.29, 1.82) is 0 Å². The van der Waals surface area contributed by atoms with Gasteiger partial charge >= 0.3 is 6.18 Å². The minimum atomic E-state index is -4.19. The van der Waals surface area contributed by atoms with Crippen LogP contribution in [0.1, 0.15) is 38.3 Å². The van der Waals surface area contributed by atoms with Gasteiger partial charge in [0.25, 0.3) is 0 Å². The molecule has 1 aliphatic rings. The van der Waals surface area contributed by atoms with E-state index in [9.17, 15) is 17.6 Å². The molecule has 1 aromatic carbocycles. The Balaban J connectivity index is 2.31. The van der Waals surface area contributed by atoms with Crippen molar-refractivity contribution in [1.82, 2.24) is 4.90 Å². The van der Waals surface area contributed by atoms with Gasteiger partial charge in [0, 0.05) is 12.1 Å². The highest BCUT2D eigenvalue weighted by molar-refractivity contribution is 6.30. The van der Waals surface area contributed by atoms with Crippen LogP contribution < -0.4 is 0 Å². The highest BCUT2D eigenvalue weighted by atomic mass is 35.5. The lowest BCUT2D eigenvalue weighted by Crippen LogP contribution is -2.44. The summed E-state index contributed by atoms with van der Waals surface area (Å²) in [5.41, 5.74) is 0.643. The van der Waals surface area contributed by atoms with Gasteiger partial charge in [-0.1, -0.05) is 17.7 Å². The van der Waals surface area contributed by atoms with Crippen LogP contribution in [0.15, 0.2) is 18.2 Å². The van der Waals surface area contributed by atoms with Crippen LogP contribution in [0.25, 0.3) is 0 Å². The molecule has 0 aromatic heterocycles. The SMILES string of the molecule is CC(C)N1CC[C@@H](C(F)(F)F)C[C@H]1c1ccc(F)c(Cl)c1. The third-order valence-corrected chi connectivity index (χ3v) is 4.39. The molecule has 0 unspecified atom stereocenters. The maximum atomic E-state index is 13.3. The van der Waals surface area contributed by atoms with E-state index in [1.807, 2.05) is 18.7 Å². The summed E-state index contributed by atoms with van der Waals surface area (Å²) in [6.45, 7) is 4.28. The topological polar surface area (TPSA) is 3.24 Å². The number of hydrogen-bond acceptors (Lipinski definition) is 1. The normalized spacial score (nSPS) is 24.6. The highest BCUT2D eigenvalue weighted by Crippen LogP contribution is 2.43. The van der Waals surface area contributed by atoms with E-state index in [0.717, 1.165) is 0 Å². The molecule has 1 aromatic rings. The molecule has 1 heterocycles. The lowest BCUT2D eigenvalue weighted by molar-refractivity contribution is -0.191. The summed E-state index contributed by atoms with van der Waals surface area (Å²) in [6.07, 6.45) is -4.10. The van der Waals surface area contributed by atoms with Crippen molar-refractivity contribution in [3.05, 3.63) is 34.6 Å². The van der Waals surface area contributed by atoms with Crippen molar-refractivity contribution in [2.75, 3.05) is 6.54 Å². The summed E-state index contributed by atoms with van der Waals surface area (Å²) < 4.78 is 52.3. The molecule has 2 rings (SSSR count). The third kappa shape index (κ3) is 3.69.